The van der Waals surface area contributed by atoms with Crippen LogP contribution in [0.5, 0.6) is 0 Å². The summed E-state index contributed by atoms with van der Waals surface area (Å²) in [5.74, 6) is 1.32. The Morgan fingerprint density at radius 2 is 1.86 bits per heavy atom. The van der Waals surface area contributed by atoms with Crippen LogP contribution in [-0.4, -0.2) is 30.5 Å². The summed E-state index contributed by atoms with van der Waals surface area (Å²) in [7, 11) is 0. The Kier molecular flexibility index (Phi) is 4.79. The minimum atomic E-state index is 0.556. The molecule has 0 radical (unpaired) electrons. The second-order valence-corrected chi connectivity index (χ2v) is 6.39. The summed E-state index contributed by atoms with van der Waals surface area (Å²) < 4.78 is 0. The molecule has 0 saturated carbocycles. The minimum Gasteiger partial charge on any atom is -0.370 e. The Morgan fingerprint density at radius 3 is 2.67 bits per heavy atom. The number of benzene rings is 1. The monoisotopic (exact) mass is 285 g/mol. The molecule has 21 heavy (non-hydrogen) atoms. The van der Waals surface area contributed by atoms with Crippen LogP contribution in [0.15, 0.2) is 29.3 Å². The van der Waals surface area contributed by atoms with Gasteiger partial charge < -0.3 is 10.6 Å². The van der Waals surface area contributed by atoms with Crippen LogP contribution >= 0.6 is 0 Å². The molecule has 1 aromatic rings. The molecular formula is C18H27N3. The van der Waals surface area contributed by atoms with Crippen molar-refractivity contribution in [2.75, 3.05) is 19.6 Å². The van der Waals surface area contributed by atoms with Crippen LogP contribution in [0.4, 0.5) is 0 Å². The van der Waals surface area contributed by atoms with Gasteiger partial charge in [0.25, 0.3) is 0 Å². The van der Waals surface area contributed by atoms with E-state index in [1.807, 2.05) is 0 Å². The first-order valence-electron chi connectivity index (χ1n) is 8.47. The first kappa shape index (κ1) is 14.4. The topological polar surface area (TPSA) is 41.6 Å². The number of hydrogen-bond donors (Lipinski definition) is 1. The summed E-state index contributed by atoms with van der Waals surface area (Å²) in [6, 6.07) is 8.84. The average Bonchev–Trinajstić information content (AvgIpc) is 2.82. The smallest absolute Gasteiger partial charge is 0.191 e. The van der Waals surface area contributed by atoms with Gasteiger partial charge in [0, 0.05) is 25.6 Å². The lowest BCUT2D eigenvalue weighted by molar-refractivity contribution is 0.426. The van der Waals surface area contributed by atoms with Gasteiger partial charge in [-0.3, -0.25) is 4.99 Å². The van der Waals surface area contributed by atoms with Gasteiger partial charge in [0.1, 0.15) is 0 Å². The van der Waals surface area contributed by atoms with Gasteiger partial charge in [-0.05, 0) is 43.2 Å². The third kappa shape index (κ3) is 3.58. The van der Waals surface area contributed by atoms with Crippen molar-refractivity contribution in [1.29, 1.82) is 0 Å². The van der Waals surface area contributed by atoms with Crippen molar-refractivity contribution in [3.05, 3.63) is 35.4 Å². The van der Waals surface area contributed by atoms with Crippen LogP contribution < -0.4 is 5.73 Å². The number of hydrogen-bond acceptors (Lipinski definition) is 1. The molecule has 1 heterocycles. The zero-order chi connectivity index (χ0) is 14.5. The third-order valence-electron chi connectivity index (χ3n) is 4.90. The maximum atomic E-state index is 6.23. The lowest BCUT2D eigenvalue weighted by atomic mass is 9.83. The molecule has 1 saturated heterocycles. The summed E-state index contributed by atoms with van der Waals surface area (Å²) >= 11 is 0. The van der Waals surface area contributed by atoms with Gasteiger partial charge >= 0.3 is 0 Å². The van der Waals surface area contributed by atoms with E-state index >= 15 is 0 Å². The summed E-state index contributed by atoms with van der Waals surface area (Å²) in [6.07, 6.45) is 8.91. The minimum absolute atomic E-state index is 0.556. The van der Waals surface area contributed by atoms with Crippen molar-refractivity contribution in [3.8, 4) is 0 Å². The number of aliphatic imine (C=N–C) groups is 1. The average molecular weight is 285 g/mol. The van der Waals surface area contributed by atoms with Gasteiger partial charge in [-0.15, -0.1) is 0 Å². The third-order valence-corrected chi connectivity index (χ3v) is 4.90. The Morgan fingerprint density at radius 1 is 1.10 bits per heavy atom. The molecule has 0 amide bonds. The van der Waals surface area contributed by atoms with Crippen LogP contribution in [0.2, 0.25) is 0 Å². The van der Waals surface area contributed by atoms with Crippen molar-refractivity contribution in [3.63, 3.8) is 0 Å². The highest BCUT2D eigenvalue weighted by Crippen LogP contribution is 2.31. The van der Waals surface area contributed by atoms with Gasteiger partial charge in [0.2, 0.25) is 0 Å². The van der Waals surface area contributed by atoms with Crippen LogP contribution in [0, 0.1) is 0 Å². The molecule has 0 aromatic heterocycles. The van der Waals surface area contributed by atoms with Gasteiger partial charge in [-0.1, -0.05) is 37.1 Å². The fraction of sp³-hybridized carbons (Fsp3) is 0.611. The predicted octanol–water partition coefficient (Wildman–Crippen LogP) is 3.30. The number of fused-ring (bicyclic) bond motifs is 1. The van der Waals surface area contributed by atoms with Crippen molar-refractivity contribution >= 4 is 5.96 Å². The highest BCUT2D eigenvalue weighted by molar-refractivity contribution is 5.78. The molecule has 2 N–H and O–H groups in total. The van der Waals surface area contributed by atoms with Crippen LogP contribution in [-0.2, 0) is 6.42 Å². The summed E-state index contributed by atoms with van der Waals surface area (Å²) in [5, 5.41) is 0. The maximum absolute atomic E-state index is 6.23. The molecule has 1 unspecified atom stereocenters. The highest BCUT2D eigenvalue weighted by Gasteiger charge is 2.20. The van der Waals surface area contributed by atoms with Gasteiger partial charge in [-0.25, -0.2) is 0 Å². The quantitative estimate of drug-likeness (QED) is 0.669. The maximum Gasteiger partial charge on any atom is 0.191 e. The molecular weight excluding hydrogens is 258 g/mol. The number of likely N-dealkylation sites (tertiary alicyclic amines) is 1. The van der Waals surface area contributed by atoms with E-state index in [0.717, 1.165) is 25.6 Å². The second kappa shape index (κ2) is 6.97. The summed E-state index contributed by atoms with van der Waals surface area (Å²) in [6.45, 7) is 3.01. The molecule has 3 heteroatoms. The van der Waals surface area contributed by atoms with E-state index in [9.17, 15) is 0 Å². The van der Waals surface area contributed by atoms with E-state index in [1.165, 1.54) is 56.1 Å². The second-order valence-electron chi connectivity index (χ2n) is 6.39. The molecule has 1 aliphatic heterocycles. The van der Waals surface area contributed by atoms with Crippen molar-refractivity contribution in [2.45, 2.75) is 50.9 Å². The largest absolute Gasteiger partial charge is 0.370 e. The first-order chi connectivity index (χ1) is 10.3. The fourth-order valence-corrected chi connectivity index (χ4v) is 3.65. The standard InChI is InChI=1S/C18H27N3/c19-18(21-12-5-1-2-6-13-21)20-14-16-10-7-9-15-8-3-4-11-17(15)16/h3-4,8,11,16H,1-2,5-7,9-10,12-14H2,(H2,19,20). The van der Waals surface area contributed by atoms with Crippen LogP contribution in [0.1, 0.15) is 55.6 Å². The Labute approximate surface area is 128 Å². The van der Waals surface area contributed by atoms with E-state index in [0.29, 0.717) is 5.92 Å². The normalized spacial score (nSPS) is 23.5. The van der Waals surface area contributed by atoms with E-state index in [1.54, 1.807) is 0 Å². The van der Waals surface area contributed by atoms with E-state index < -0.39 is 0 Å². The van der Waals surface area contributed by atoms with Crippen molar-refractivity contribution in [1.82, 2.24) is 4.90 Å². The lowest BCUT2D eigenvalue weighted by Gasteiger charge is -2.25. The predicted molar refractivity (Wildman–Crippen MR) is 88.7 cm³/mol. The molecule has 1 aromatic carbocycles. The number of nitrogens with two attached hydrogens (primary N) is 1. The SMILES string of the molecule is NC(=NCC1CCCc2ccccc21)N1CCCCCC1. The fourth-order valence-electron chi connectivity index (χ4n) is 3.65. The molecule has 1 atom stereocenters. The molecule has 1 fully saturated rings. The number of aryl methyl sites for hydroxylation is 1. The molecule has 1 aliphatic carbocycles. The van der Waals surface area contributed by atoms with Crippen LogP contribution in [0.3, 0.4) is 0 Å². The van der Waals surface area contributed by atoms with Crippen LogP contribution in [0.25, 0.3) is 0 Å². The van der Waals surface area contributed by atoms with E-state index in [-0.39, 0.29) is 0 Å². The zero-order valence-corrected chi connectivity index (χ0v) is 12.9. The zero-order valence-electron chi connectivity index (χ0n) is 12.9. The molecule has 114 valence electrons. The molecule has 0 bridgehead atoms. The molecule has 0 spiro atoms. The van der Waals surface area contributed by atoms with Crippen molar-refractivity contribution in [2.24, 2.45) is 10.7 Å². The number of rotatable bonds is 2. The number of guanidine groups is 1. The Balaban J connectivity index is 1.65. The lowest BCUT2D eigenvalue weighted by Crippen LogP contribution is -2.38. The highest BCUT2D eigenvalue weighted by atomic mass is 15.2. The van der Waals surface area contributed by atoms with Gasteiger partial charge in [0.15, 0.2) is 5.96 Å². The van der Waals surface area contributed by atoms with Crippen molar-refractivity contribution < 1.29 is 0 Å². The molecule has 2 aliphatic rings. The van der Waals surface area contributed by atoms with Gasteiger partial charge in [0.05, 0.1) is 0 Å². The first-order valence-corrected chi connectivity index (χ1v) is 8.47. The Hall–Kier alpha value is -1.51. The van der Waals surface area contributed by atoms with Gasteiger partial charge in [-0.2, -0.15) is 0 Å². The molecule has 3 rings (SSSR count). The van der Waals surface area contributed by atoms with E-state index in [4.69, 9.17) is 10.7 Å². The van der Waals surface area contributed by atoms with E-state index in [2.05, 4.69) is 29.2 Å². The Bertz CT molecular complexity index is 487. The number of nitrogens with zero attached hydrogens (tertiary/aromatic N) is 2. The summed E-state index contributed by atoms with van der Waals surface area (Å²) in [4.78, 5) is 7.01. The summed E-state index contributed by atoms with van der Waals surface area (Å²) in [5.41, 5.74) is 9.24. The molecule has 3 nitrogen and oxygen atoms in total.